The van der Waals surface area contributed by atoms with Crippen molar-refractivity contribution in [3.63, 3.8) is 0 Å². The van der Waals surface area contributed by atoms with E-state index in [1.807, 2.05) is 6.08 Å². The molecule has 0 saturated carbocycles. The lowest BCUT2D eigenvalue weighted by atomic mass is 9.99. The molecule has 1 heterocycles. The molecule has 7 atom stereocenters. The van der Waals surface area contributed by atoms with Crippen molar-refractivity contribution in [3.05, 3.63) is 48.6 Å². The minimum absolute atomic E-state index is 0.189. The van der Waals surface area contributed by atoms with Crippen molar-refractivity contribution in [2.75, 3.05) is 13.2 Å². The standard InChI is InChI=1S/C65H121NO8/c1-3-5-7-9-11-13-15-17-19-21-23-25-27-28-29-30-31-33-34-36-38-40-42-44-46-48-50-52-54-59(68)58(57-73-65-64(72)63(71)62(70)60(56-67)74-65)66-61(69)55-53-51-49-47-45-43-41-39-37-35-32-26-24-22-20-18-16-14-12-10-8-6-4-2/h22,24,36,38,44,46,52,54,58-60,62-65,67-68,70-72H,3-21,23,25-35,37,39-43,45,47-51,53,55-57H2,1-2H3,(H,66,69)/b24-22-,38-36+,46-44+,54-52+. The highest BCUT2D eigenvalue weighted by Gasteiger charge is 2.44. The van der Waals surface area contributed by atoms with Gasteiger partial charge in [0, 0.05) is 6.42 Å². The zero-order valence-corrected chi connectivity index (χ0v) is 48.4. The number of rotatable bonds is 55. The molecule has 1 aliphatic heterocycles. The molecule has 0 aromatic rings. The van der Waals surface area contributed by atoms with Gasteiger partial charge in [-0.25, -0.2) is 0 Å². The van der Waals surface area contributed by atoms with Crippen LogP contribution in [0, 0.1) is 0 Å². The van der Waals surface area contributed by atoms with Crippen molar-refractivity contribution in [1.82, 2.24) is 5.32 Å². The van der Waals surface area contributed by atoms with E-state index in [-0.39, 0.29) is 12.5 Å². The van der Waals surface area contributed by atoms with Gasteiger partial charge in [0.25, 0.3) is 0 Å². The molecule has 1 fully saturated rings. The number of aliphatic hydroxyl groups is 5. The van der Waals surface area contributed by atoms with Gasteiger partial charge in [-0.3, -0.25) is 4.79 Å². The minimum atomic E-state index is -1.58. The number of nitrogens with one attached hydrogen (secondary N) is 1. The van der Waals surface area contributed by atoms with Gasteiger partial charge in [-0.05, 0) is 70.6 Å². The maximum absolute atomic E-state index is 13.1. The van der Waals surface area contributed by atoms with Gasteiger partial charge < -0.3 is 40.3 Å². The second-order valence-electron chi connectivity index (χ2n) is 22.2. The second-order valence-corrected chi connectivity index (χ2v) is 22.2. The van der Waals surface area contributed by atoms with Crippen LogP contribution in [-0.4, -0.2) is 87.5 Å². The molecular weight excluding hydrogens is 923 g/mol. The third-order valence-corrected chi connectivity index (χ3v) is 15.1. The Balaban J connectivity index is 2.22. The molecule has 0 aromatic carbocycles. The SMILES string of the molecule is CCCCCCCCCC/C=C\CCCCCCCCCCCCCC(=O)NC(COC1OC(CO)C(O)C(O)C1O)C(O)/C=C/CC/C=C/CC/C=C/CCCCCCCCCCCCCCCCCCCC. The molecule has 1 amide bonds. The summed E-state index contributed by atoms with van der Waals surface area (Å²) in [4.78, 5) is 13.1. The van der Waals surface area contributed by atoms with Crippen molar-refractivity contribution >= 4 is 5.91 Å². The topological polar surface area (TPSA) is 149 Å². The fraction of sp³-hybridized carbons (Fsp3) is 0.862. The van der Waals surface area contributed by atoms with Gasteiger partial charge in [0.2, 0.25) is 5.91 Å². The average molecular weight is 1040 g/mol. The second kappa shape index (κ2) is 54.5. The number of aliphatic hydroxyl groups excluding tert-OH is 5. The number of amides is 1. The van der Waals surface area contributed by atoms with E-state index in [1.54, 1.807) is 6.08 Å². The van der Waals surface area contributed by atoms with E-state index in [1.165, 1.54) is 238 Å². The van der Waals surface area contributed by atoms with Crippen LogP contribution in [0.3, 0.4) is 0 Å². The highest BCUT2D eigenvalue weighted by Crippen LogP contribution is 2.23. The van der Waals surface area contributed by atoms with Crippen LogP contribution in [0.5, 0.6) is 0 Å². The molecule has 1 rings (SSSR count). The molecule has 9 nitrogen and oxygen atoms in total. The lowest BCUT2D eigenvalue weighted by molar-refractivity contribution is -0.302. The third kappa shape index (κ3) is 43.2. The Bertz CT molecular complexity index is 1300. The minimum Gasteiger partial charge on any atom is -0.394 e. The van der Waals surface area contributed by atoms with Crippen LogP contribution in [0.15, 0.2) is 48.6 Å². The molecule has 0 spiro atoms. The fourth-order valence-corrected chi connectivity index (χ4v) is 10.1. The molecule has 1 saturated heterocycles. The lowest BCUT2D eigenvalue weighted by Crippen LogP contribution is -2.60. The summed E-state index contributed by atoms with van der Waals surface area (Å²) in [6.45, 7) is 3.79. The Kier molecular flexibility index (Phi) is 51.7. The Labute approximate surface area is 456 Å². The molecule has 0 radical (unpaired) electrons. The Morgan fingerprint density at radius 2 is 0.770 bits per heavy atom. The molecule has 7 unspecified atom stereocenters. The van der Waals surface area contributed by atoms with E-state index in [2.05, 4.69) is 55.6 Å². The van der Waals surface area contributed by atoms with Crippen LogP contribution < -0.4 is 5.32 Å². The van der Waals surface area contributed by atoms with Crippen LogP contribution in [0.4, 0.5) is 0 Å². The molecule has 434 valence electrons. The summed E-state index contributed by atoms with van der Waals surface area (Å²) in [5.41, 5.74) is 0. The van der Waals surface area contributed by atoms with Gasteiger partial charge in [-0.15, -0.1) is 0 Å². The number of hydrogen-bond donors (Lipinski definition) is 6. The average Bonchev–Trinajstić information content (AvgIpc) is 3.40. The van der Waals surface area contributed by atoms with Gasteiger partial charge in [0.1, 0.15) is 24.4 Å². The molecule has 6 N–H and O–H groups in total. The van der Waals surface area contributed by atoms with Crippen LogP contribution in [-0.2, 0) is 14.3 Å². The number of carbonyl (C=O) groups is 1. The summed E-state index contributed by atoms with van der Waals surface area (Å²) in [6.07, 6.45) is 66.3. The maximum atomic E-state index is 13.1. The van der Waals surface area contributed by atoms with Crippen molar-refractivity contribution in [3.8, 4) is 0 Å². The van der Waals surface area contributed by atoms with Crippen molar-refractivity contribution in [1.29, 1.82) is 0 Å². The number of carbonyl (C=O) groups excluding carboxylic acids is 1. The van der Waals surface area contributed by atoms with Crippen LogP contribution >= 0.6 is 0 Å². The highest BCUT2D eigenvalue weighted by molar-refractivity contribution is 5.76. The molecule has 9 heteroatoms. The predicted molar refractivity (Wildman–Crippen MR) is 313 cm³/mol. The Morgan fingerprint density at radius 3 is 1.14 bits per heavy atom. The maximum Gasteiger partial charge on any atom is 0.220 e. The molecular formula is C65H121NO8. The number of hydrogen-bond acceptors (Lipinski definition) is 8. The van der Waals surface area contributed by atoms with Crippen molar-refractivity contribution in [2.24, 2.45) is 0 Å². The Morgan fingerprint density at radius 1 is 0.446 bits per heavy atom. The first-order valence-electron chi connectivity index (χ1n) is 31.9. The zero-order chi connectivity index (χ0) is 53.6. The zero-order valence-electron chi connectivity index (χ0n) is 48.4. The molecule has 0 aliphatic carbocycles. The van der Waals surface area contributed by atoms with E-state index < -0.39 is 49.5 Å². The first-order valence-corrected chi connectivity index (χ1v) is 31.9. The molecule has 0 bridgehead atoms. The summed E-state index contributed by atoms with van der Waals surface area (Å²) in [5.74, 6) is -0.189. The monoisotopic (exact) mass is 1040 g/mol. The van der Waals surface area contributed by atoms with E-state index >= 15 is 0 Å². The first kappa shape index (κ1) is 70.2. The lowest BCUT2D eigenvalue weighted by Gasteiger charge is -2.40. The van der Waals surface area contributed by atoms with Gasteiger partial charge >= 0.3 is 0 Å². The summed E-state index contributed by atoms with van der Waals surface area (Å²) >= 11 is 0. The quantitative estimate of drug-likeness (QED) is 0.0261. The van der Waals surface area contributed by atoms with Crippen LogP contribution in [0.2, 0.25) is 0 Å². The third-order valence-electron chi connectivity index (χ3n) is 15.1. The van der Waals surface area contributed by atoms with E-state index in [0.29, 0.717) is 6.42 Å². The largest absolute Gasteiger partial charge is 0.394 e. The predicted octanol–water partition coefficient (Wildman–Crippen LogP) is 16.5. The van der Waals surface area contributed by atoms with Crippen molar-refractivity contribution < 1.29 is 39.8 Å². The summed E-state index contributed by atoms with van der Waals surface area (Å²) in [7, 11) is 0. The number of ether oxygens (including phenoxy) is 2. The van der Waals surface area contributed by atoms with Crippen molar-refractivity contribution in [2.45, 2.75) is 346 Å². The van der Waals surface area contributed by atoms with Crippen LogP contribution in [0.25, 0.3) is 0 Å². The van der Waals surface area contributed by atoms with Crippen LogP contribution in [0.1, 0.15) is 303 Å². The van der Waals surface area contributed by atoms with Gasteiger partial charge in [0.15, 0.2) is 6.29 Å². The van der Waals surface area contributed by atoms with E-state index in [0.717, 1.165) is 44.9 Å². The van der Waals surface area contributed by atoms with E-state index in [4.69, 9.17) is 9.47 Å². The normalized spacial score (nSPS) is 19.3. The molecule has 0 aromatic heterocycles. The summed E-state index contributed by atoms with van der Waals surface area (Å²) in [5, 5.41) is 54.6. The van der Waals surface area contributed by atoms with E-state index in [9.17, 15) is 30.3 Å². The fourth-order valence-electron chi connectivity index (χ4n) is 10.1. The highest BCUT2D eigenvalue weighted by atomic mass is 16.7. The smallest absolute Gasteiger partial charge is 0.220 e. The Hall–Kier alpha value is -1.85. The summed E-state index contributed by atoms with van der Waals surface area (Å²) < 4.78 is 11.3. The molecule has 1 aliphatic rings. The number of allylic oxidation sites excluding steroid dienone is 7. The molecule has 74 heavy (non-hydrogen) atoms. The number of unbranched alkanes of at least 4 members (excludes halogenated alkanes) is 39. The summed E-state index contributed by atoms with van der Waals surface area (Å²) in [6, 6.07) is -0.830. The van der Waals surface area contributed by atoms with Gasteiger partial charge in [-0.1, -0.05) is 274 Å². The van der Waals surface area contributed by atoms with Gasteiger partial charge in [0.05, 0.1) is 25.4 Å². The first-order chi connectivity index (χ1) is 36.3. The van der Waals surface area contributed by atoms with Gasteiger partial charge in [-0.2, -0.15) is 0 Å².